The number of ether oxygens (including phenoxy) is 1. The molecule has 18 heavy (non-hydrogen) atoms. The van der Waals surface area contributed by atoms with E-state index >= 15 is 0 Å². The largest absolute Gasteiger partial charge is 0.522 e. The van der Waals surface area contributed by atoms with Crippen LogP contribution in [0.4, 0.5) is 18.9 Å². The van der Waals surface area contributed by atoms with Gasteiger partial charge in [0.25, 0.3) is 0 Å². The molecule has 5 heteroatoms. The van der Waals surface area contributed by atoms with Gasteiger partial charge in [-0.25, -0.2) is 0 Å². The molecule has 2 rings (SSSR count). The molecule has 0 saturated heterocycles. The van der Waals surface area contributed by atoms with E-state index in [1.807, 2.05) is 12.1 Å². The Morgan fingerprint density at radius 1 is 1.17 bits per heavy atom. The number of halogens is 3. The van der Waals surface area contributed by atoms with Crippen molar-refractivity contribution in [2.45, 2.75) is 32.0 Å². The van der Waals surface area contributed by atoms with E-state index in [9.17, 15) is 13.2 Å². The summed E-state index contributed by atoms with van der Waals surface area (Å²) >= 11 is 0. The van der Waals surface area contributed by atoms with Gasteiger partial charge in [-0.2, -0.15) is 0 Å². The van der Waals surface area contributed by atoms with Crippen LogP contribution in [0.1, 0.15) is 24.0 Å². The third-order valence-corrected chi connectivity index (χ3v) is 3.08. The molecule has 0 bridgehead atoms. The van der Waals surface area contributed by atoms with E-state index in [1.54, 1.807) is 0 Å². The monoisotopic (exact) mass is 259 g/mol. The van der Waals surface area contributed by atoms with Crippen LogP contribution >= 0.6 is 0 Å². The van der Waals surface area contributed by atoms with E-state index < -0.39 is 6.36 Å². The smallest absolute Gasteiger partial charge is 0.382 e. The first kappa shape index (κ1) is 13.2. The summed E-state index contributed by atoms with van der Waals surface area (Å²) in [5, 5.41) is 3.02. The van der Waals surface area contributed by atoms with Crippen LogP contribution in [0, 0.1) is 0 Å². The summed E-state index contributed by atoms with van der Waals surface area (Å²) in [5.74, 6) is 0. The Labute approximate surface area is 104 Å². The van der Waals surface area contributed by atoms with Gasteiger partial charge in [-0.1, -0.05) is 12.1 Å². The van der Waals surface area contributed by atoms with Crippen molar-refractivity contribution in [1.29, 1.82) is 0 Å². The highest BCUT2D eigenvalue weighted by atomic mass is 19.4. The highest BCUT2D eigenvalue weighted by molar-refractivity contribution is 5.55. The van der Waals surface area contributed by atoms with Crippen LogP contribution < -0.4 is 5.32 Å². The fourth-order valence-electron chi connectivity index (χ4n) is 2.30. The molecule has 1 aliphatic rings. The number of aryl methyl sites for hydroxylation is 1. The van der Waals surface area contributed by atoms with Crippen molar-refractivity contribution in [3.05, 3.63) is 29.3 Å². The second-order valence-corrected chi connectivity index (χ2v) is 4.37. The molecule has 1 aromatic rings. The maximum absolute atomic E-state index is 11.8. The number of nitrogens with one attached hydrogen (secondary N) is 1. The van der Waals surface area contributed by atoms with Gasteiger partial charge in [0.05, 0.1) is 6.61 Å². The lowest BCUT2D eigenvalue weighted by Crippen LogP contribution is -2.20. The molecule has 0 spiro atoms. The van der Waals surface area contributed by atoms with Crippen molar-refractivity contribution in [2.24, 2.45) is 0 Å². The molecule has 0 aliphatic heterocycles. The molecular weight excluding hydrogens is 243 g/mol. The summed E-state index contributed by atoms with van der Waals surface area (Å²) in [6, 6.07) is 5.95. The Hall–Kier alpha value is -1.23. The van der Waals surface area contributed by atoms with Gasteiger partial charge in [0.2, 0.25) is 0 Å². The fourth-order valence-corrected chi connectivity index (χ4v) is 2.30. The zero-order chi connectivity index (χ0) is 13.0. The average Bonchev–Trinajstić information content (AvgIpc) is 2.33. The van der Waals surface area contributed by atoms with Gasteiger partial charge < -0.3 is 5.32 Å². The zero-order valence-electron chi connectivity index (χ0n) is 10.0. The lowest BCUT2D eigenvalue weighted by molar-refractivity contribution is -0.322. The molecule has 0 heterocycles. The standard InChI is InChI=1S/C13H16F3NO/c14-13(15,16)18-9-8-17-12-7-3-5-10-4-1-2-6-11(10)12/h3,5,7,17H,1-2,4,6,8-9H2. The molecule has 0 aromatic heterocycles. The predicted octanol–water partition coefficient (Wildman–Crippen LogP) is 3.51. The van der Waals surface area contributed by atoms with Crippen LogP contribution in [0.5, 0.6) is 0 Å². The number of benzene rings is 1. The minimum absolute atomic E-state index is 0.163. The van der Waals surface area contributed by atoms with Gasteiger partial charge in [0.1, 0.15) is 0 Å². The van der Waals surface area contributed by atoms with Crippen molar-refractivity contribution in [2.75, 3.05) is 18.5 Å². The summed E-state index contributed by atoms with van der Waals surface area (Å²) in [5.41, 5.74) is 3.50. The molecule has 100 valence electrons. The maximum Gasteiger partial charge on any atom is 0.522 e. The molecule has 1 N–H and O–H groups in total. The second kappa shape index (κ2) is 5.61. The number of fused-ring (bicyclic) bond motifs is 1. The zero-order valence-corrected chi connectivity index (χ0v) is 10.0. The maximum atomic E-state index is 11.8. The molecule has 1 aromatic carbocycles. The third kappa shape index (κ3) is 3.63. The van der Waals surface area contributed by atoms with Crippen LogP contribution in [-0.2, 0) is 17.6 Å². The number of hydrogen-bond acceptors (Lipinski definition) is 2. The van der Waals surface area contributed by atoms with E-state index in [1.165, 1.54) is 17.5 Å². The van der Waals surface area contributed by atoms with Gasteiger partial charge in [0, 0.05) is 12.2 Å². The van der Waals surface area contributed by atoms with Gasteiger partial charge in [-0.15, -0.1) is 13.2 Å². The minimum Gasteiger partial charge on any atom is -0.382 e. The molecular formula is C13H16F3NO. The summed E-state index contributed by atoms with van der Waals surface area (Å²) in [4.78, 5) is 0. The summed E-state index contributed by atoms with van der Waals surface area (Å²) in [7, 11) is 0. The number of anilines is 1. The first-order valence-corrected chi connectivity index (χ1v) is 6.11. The Bertz CT molecular complexity index is 404. The van der Waals surface area contributed by atoms with Gasteiger partial charge in [-0.3, -0.25) is 4.74 Å². The first-order chi connectivity index (χ1) is 8.56. The molecule has 0 amide bonds. The van der Waals surface area contributed by atoms with Crippen molar-refractivity contribution in [1.82, 2.24) is 0 Å². The molecule has 0 radical (unpaired) electrons. The molecule has 0 saturated carbocycles. The Morgan fingerprint density at radius 2 is 1.94 bits per heavy atom. The lowest BCUT2D eigenvalue weighted by Gasteiger charge is -2.20. The van der Waals surface area contributed by atoms with Crippen molar-refractivity contribution in [3.63, 3.8) is 0 Å². The van der Waals surface area contributed by atoms with Gasteiger partial charge >= 0.3 is 6.36 Å². The Kier molecular flexibility index (Phi) is 4.11. The fraction of sp³-hybridized carbons (Fsp3) is 0.538. The van der Waals surface area contributed by atoms with Crippen molar-refractivity contribution in [3.8, 4) is 0 Å². The van der Waals surface area contributed by atoms with Crippen LogP contribution in [0.3, 0.4) is 0 Å². The SMILES string of the molecule is FC(F)(F)OCCNc1cccc2c1CCCC2. The molecule has 1 aliphatic carbocycles. The van der Waals surface area contributed by atoms with Crippen LogP contribution in [0.25, 0.3) is 0 Å². The summed E-state index contributed by atoms with van der Waals surface area (Å²) in [6.45, 7) is -0.205. The van der Waals surface area contributed by atoms with Crippen LogP contribution in [0.15, 0.2) is 18.2 Å². The van der Waals surface area contributed by atoms with E-state index in [0.717, 1.165) is 24.9 Å². The topological polar surface area (TPSA) is 21.3 Å². The van der Waals surface area contributed by atoms with Crippen molar-refractivity contribution >= 4 is 5.69 Å². The van der Waals surface area contributed by atoms with E-state index in [-0.39, 0.29) is 13.2 Å². The van der Waals surface area contributed by atoms with Crippen LogP contribution in [0.2, 0.25) is 0 Å². The van der Waals surface area contributed by atoms with E-state index in [2.05, 4.69) is 16.1 Å². The average molecular weight is 259 g/mol. The number of alkyl halides is 3. The lowest BCUT2D eigenvalue weighted by atomic mass is 9.90. The van der Waals surface area contributed by atoms with Gasteiger partial charge in [0.15, 0.2) is 0 Å². The Morgan fingerprint density at radius 3 is 2.72 bits per heavy atom. The summed E-state index contributed by atoms with van der Waals surface area (Å²) < 4.78 is 39.1. The quantitative estimate of drug-likeness (QED) is 0.835. The van der Waals surface area contributed by atoms with E-state index in [4.69, 9.17) is 0 Å². The molecule has 0 fully saturated rings. The number of rotatable bonds is 4. The molecule has 0 unspecified atom stereocenters. The highest BCUT2D eigenvalue weighted by Gasteiger charge is 2.28. The number of hydrogen-bond donors (Lipinski definition) is 1. The highest BCUT2D eigenvalue weighted by Crippen LogP contribution is 2.27. The third-order valence-electron chi connectivity index (χ3n) is 3.08. The normalized spacial score (nSPS) is 15.3. The second-order valence-electron chi connectivity index (χ2n) is 4.37. The predicted molar refractivity (Wildman–Crippen MR) is 63.6 cm³/mol. The molecule has 2 nitrogen and oxygen atoms in total. The van der Waals surface area contributed by atoms with Crippen molar-refractivity contribution < 1.29 is 17.9 Å². The first-order valence-electron chi connectivity index (χ1n) is 6.11. The van der Waals surface area contributed by atoms with Gasteiger partial charge in [-0.05, 0) is 42.9 Å². The minimum atomic E-state index is -4.54. The van der Waals surface area contributed by atoms with E-state index in [0.29, 0.717) is 0 Å². The Balaban J connectivity index is 1.90. The van der Waals surface area contributed by atoms with Crippen LogP contribution in [-0.4, -0.2) is 19.5 Å². The summed E-state index contributed by atoms with van der Waals surface area (Å²) in [6.07, 6.45) is -0.154. The molecule has 0 atom stereocenters.